The second-order valence-electron chi connectivity index (χ2n) is 4.53. The van der Waals surface area contributed by atoms with Gasteiger partial charge in [-0.15, -0.1) is 0 Å². The molecule has 0 spiro atoms. The summed E-state index contributed by atoms with van der Waals surface area (Å²) in [5, 5.41) is 19.0. The molecule has 0 saturated heterocycles. The van der Waals surface area contributed by atoms with E-state index in [1.54, 1.807) is 24.3 Å². The number of rotatable bonds is 10. The lowest BCUT2D eigenvalue weighted by Gasteiger charge is -2.22. The lowest BCUT2D eigenvalue weighted by molar-refractivity contribution is -0.141. The molecule has 0 bridgehead atoms. The highest BCUT2D eigenvalue weighted by Gasteiger charge is 2.21. The molecular weight excluding hydrogens is 308 g/mol. The van der Waals surface area contributed by atoms with Gasteiger partial charge in [0.05, 0.1) is 25.1 Å². The molecule has 22 heavy (non-hydrogen) atoms. The molecule has 2 N–H and O–H groups in total. The molecule has 0 radical (unpaired) electrons. The Morgan fingerprint density at radius 3 is 2.50 bits per heavy atom. The van der Waals surface area contributed by atoms with Crippen molar-refractivity contribution in [2.24, 2.45) is 0 Å². The zero-order valence-electron chi connectivity index (χ0n) is 12.5. The average Bonchev–Trinajstić information content (AvgIpc) is 2.56. The van der Waals surface area contributed by atoms with Crippen LogP contribution in [0.4, 0.5) is 0 Å². The third kappa shape index (κ3) is 6.23. The molecule has 1 aromatic rings. The molecule has 0 heterocycles. The fourth-order valence-electron chi connectivity index (χ4n) is 1.88. The van der Waals surface area contributed by atoms with E-state index >= 15 is 0 Å². The van der Waals surface area contributed by atoms with Crippen molar-refractivity contribution in [3.8, 4) is 5.75 Å². The van der Waals surface area contributed by atoms with Gasteiger partial charge in [-0.3, -0.25) is 4.79 Å². The monoisotopic (exact) mass is 330 g/mol. The molecule has 0 aliphatic carbocycles. The maximum atomic E-state index is 11.0. The van der Waals surface area contributed by atoms with Crippen LogP contribution in [-0.4, -0.2) is 55.0 Å². The number of ether oxygens (including phenoxy) is 3. The standard InChI is InChI=1S/C15H22O6S/c1-19-13(6-8-21-14(17)10-22)15(18)11-2-4-12(5-3-11)20-9-7-16/h2-5,13,15-16,18,22H,6-10H2,1H3/t13-,15-/m1/s1. The van der Waals surface area contributed by atoms with Crippen LogP contribution >= 0.6 is 12.6 Å². The van der Waals surface area contributed by atoms with Crippen LogP contribution < -0.4 is 4.74 Å². The summed E-state index contributed by atoms with van der Waals surface area (Å²) >= 11 is 3.81. The molecule has 0 aromatic heterocycles. The number of carbonyl (C=O) groups excluding carboxylic acids is 1. The first-order chi connectivity index (χ1) is 10.6. The van der Waals surface area contributed by atoms with E-state index in [2.05, 4.69) is 12.6 Å². The quantitative estimate of drug-likeness (QED) is 0.438. The van der Waals surface area contributed by atoms with Crippen LogP contribution in [0.2, 0.25) is 0 Å². The maximum absolute atomic E-state index is 11.0. The molecule has 6 nitrogen and oxygen atoms in total. The van der Waals surface area contributed by atoms with E-state index in [1.165, 1.54) is 7.11 Å². The Balaban J connectivity index is 2.55. The number of esters is 1. The Morgan fingerprint density at radius 1 is 1.27 bits per heavy atom. The number of methoxy groups -OCH3 is 1. The molecular formula is C15H22O6S. The molecule has 1 rings (SSSR count). The molecule has 0 aliphatic rings. The fourth-order valence-corrected chi connectivity index (χ4v) is 1.97. The second kappa shape index (κ2) is 10.4. The van der Waals surface area contributed by atoms with Crippen LogP contribution in [0.25, 0.3) is 0 Å². The summed E-state index contributed by atoms with van der Waals surface area (Å²) in [4.78, 5) is 11.0. The van der Waals surface area contributed by atoms with Gasteiger partial charge in [0.1, 0.15) is 18.5 Å². The van der Waals surface area contributed by atoms with E-state index in [1.807, 2.05) is 0 Å². The summed E-state index contributed by atoms with van der Waals surface area (Å²) in [6, 6.07) is 6.87. The van der Waals surface area contributed by atoms with E-state index in [0.717, 1.165) is 0 Å². The van der Waals surface area contributed by atoms with Crippen molar-refractivity contribution in [3.05, 3.63) is 29.8 Å². The fraction of sp³-hybridized carbons (Fsp3) is 0.533. The number of aliphatic hydroxyl groups excluding tert-OH is 2. The van der Waals surface area contributed by atoms with Crippen LogP contribution in [0.3, 0.4) is 0 Å². The predicted molar refractivity (Wildman–Crippen MR) is 84.2 cm³/mol. The summed E-state index contributed by atoms with van der Waals surface area (Å²) in [5.74, 6) is 0.231. The minimum absolute atomic E-state index is 0.0233. The second-order valence-corrected chi connectivity index (χ2v) is 4.84. The molecule has 0 aliphatic heterocycles. The van der Waals surface area contributed by atoms with Gasteiger partial charge in [-0.05, 0) is 17.7 Å². The van der Waals surface area contributed by atoms with Crippen LogP contribution in [0.15, 0.2) is 24.3 Å². The van der Waals surface area contributed by atoms with Gasteiger partial charge < -0.3 is 24.4 Å². The van der Waals surface area contributed by atoms with Crippen LogP contribution in [0.5, 0.6) is 5.75 Å². The van der Waals surface area contributed by atoms with Crippen LogP contribution in [0, 0.1) is 0 Å². The van der Waals surface area contributed by atoms with Gasteiger partial charge in [0.25, 0.3) is 0 Å². The normalized spacial score (nSPS) is 13.5. The Morgan fingerprint density at radius 2 is 1.95 bits per heavy atom. The Hall–Kier alpha value is -1.28. The molecule has 0 saturated carbocycles. The number of carbonyl (C=O) groups is 1. The Bertz CT molecular complexity index is 436. The van der Waals surface area contributed by atoms with E-state index in [0.29, 0.717) is 17.7 Å². The summed E-state index contributed by atoms with van der Waals surface area (Å²) in [7, 11) is 1.49. The van der Waals surface area contributed by atoms with E-state index in [-0.39, 0.29) is 25.6 Å². The van der Waals surface area contributed by atoms with E-state index < -0.39 is 18.2 Å². The maximum Gasteiger partial charge on any atom is 0.315 e. The van der Waals surface area contributed by atoms with Crippen LogP contribution in [0.1, 0.15) is 18.1 Å². The highest BCUT2D eigenvalue weighted by molar-refractivity contribution is 7.81. The first-order valence-corrected chi connectivity index (χ1v) is 7.56. The lowest BCUT2D eigenvalue weighted by atomic mass is 10.0. The third-order valence-electron chi connectivity index (χ3n) is 3.03. The summed E-state index contributed by atoms with van der Waals surface area (Å²) in [6.07, 6.45) is -0.955. The number of benzene rings is 1. The highest BCUT2D eigenvalue weighted by Crippen LogP contribution is 2.23. The molecule has 2 atom stereocenters. The van der Waals surface area contributed by atoms with Gasteiger partial charge >= 0.3 is 5.97 Å². The van der Waals surface area contributed by atoms with Crippen molar-refractivity contribution >= 4 is 18.6 Å². The first kappa shape index (κ1) is 18.8. The van der Waals surface area contributed by atoms with E-state index in [4.69, 9.17) is 19.3 Å². The van der Waals surface area contributed by atoms with Gasteiger partial charge in [-0.25, -0.2) is 0 Å². The van der Waals surface area contributed by atoms with Gasteiger partial charge in [0.2, 0.25) is 0 Å². The smallest absolute Gasteiger partial charge is 0.315 e. The average molecular weight is 330 g/mol. The number of hydrogen-bond donors (Lipinski definition) is 3. The molecule has 0 unspecified atom stereocenters. The number of hydrogen-bond acceptors (Lipinski definition) is 7. The molecule has 7 heteroatoms. The Kier molecular flexibility index (Phi) is 8.91. The molecule has 1 aromatic carbocycles. The summed E-state index contributed by atoms with van der Waals surface area (Å²) in [6.45, 7) is 0.326. The predicted octanol–water partition coefficient (Wildman–Crippen LogP) is 0.969. The van der Waals surface area contributed by atoms with Crippen molar-refractivity contribution in [1.29, 1.82) is 0 Å². The molecule has 0 amide bonds. The van der Waals surface area contributed by atoms with Gasteiger partial charge in [-0.2, -0.15) is 12.6 Å². The minimum Gasteiger partial charge on any atom is -0.491 e. The molecule has 124 valence electrons. The zero-order valence-corrected chi connectivity index (χ0v) is 13.4. The van der Waals surface area contributed by atoms with Crippen LogP contribution in [-0.2, 0) is 14.3 Å². The summed E-state index contributed by atoms with van der Waals surface area (Å²) in [5.41, 5.74) is 0.670. The zero-order chi connectivity index (χ0) is 16.4. The minimum atomic E-state index is -0.841. The van der Waals surface area contributed by atoms with Crippen molar-refractivity contribution in [3.63, 3.8) is 0 Å². The van der Waals surface area contributed by atoms with Crippen molar-refractivity contribution in [2.75, 3.05) is 32.7 Å². The topological polar surface area (TPSA) is 85.2 Å². The lowest BCUT2D eigenvalue weighted by Crippen LogP contribution is -2.23. The third-order valence-corrected chi connectivity index (χ3v) is 3.29. The summed E-state index contributed by atoms with van der Waals surface area (Å²) < 4.78 is 15.4. The van der Waals surface area contributed by atoms with Crippen molar-refractivity contribution in [1.82, 2.24) is 0 Å². The SMILES string of the molecule is CO[C@H](CCOC(=O)CS)[C@H](O)c1ccc(OCCO)cc1. The number of aliphatic hydroxyl groups is 2. The van der Waals surface area contributed by atoms with E-state index in [9.17, 15) is 9.90 Å². The molecule has 0 fully saturated rings. The Labute approximate surface area is 135 Å². The van der Waals surface area contributed by atoms with Crippen molar-refractivity contribution < 1.29 is 29.2 Å². The van der Waals surface area contributed by atoms with Gasteiger partial charge in [0, 0.05) is 13.5 Å². The van der Waals surface area contributed by atoms with Crippen molar-refractivity contribution in [2.45, 2.75) is 18.6 Å². The first-order valence-electron chi connectivity index (χ1n) is 6.93. The highest BCUT2D eigenvalue weighted by atomic mass is 32.1. The van der Waals surface area contributed by atoms with Gasteiger partial charge in [-0.1, -0.05) is 12.1 Å². The number of thiol groups is 1. The van der Waals surface area contributed by atoms with Gasteiger partial charge in [0.15, 0.2) is 0 Å². The largest absolute Gasteiger partial charge is 0.491 e.